The molecule has 1 aromatic carbocycles. The summed E-state index contributed by atoms with van der Waals surface area (Å²) in [6, 6.07) is 3.86. The van der Waals surface area contributed by atoms with Crippen molar-refractivity contribution < 1.29 is 38.8 Å². The zero-order valence-electron chi connectivity index (χ0n) is 24.9. The molecule has 11 heteroatoms. The molecular weight excluding hydrogens is 530 g/mol. The van der Waals surface area contributed by atoms with Crippen molar-refractivity contribution in [2.24, 2.45) is 10.8 Å². The van der Waals surface area contributed by atoms with Crippen molar-refractivity contribution in [1.29, 1.82) is 0 Å². The molecule has 0 saturated carbocycles. The number of fused-ring (bicyclic) bond motifs is 3. The lowest BCUT2D eigenvalue weighted by molar-refractivity contribution is -0.218. The molecule has 5 atom stereocenters. The maximum Gasteiger partial charge on any atom is 0.407 e. The maximum atomic E-state index is 13.8. The highest BCUT2D eigenvalue weighted by Crippen LogP contribution is 2.32. The number of carboxylic acids is 1. The number of benzene rings is 1. The largest absolute Gasteiger partial charge is 0.480 e. The fraction of sp³-hybridized carbons (Fsp3) is 0.700. The number of aliphatic hydroxyl groups excluding tert-OH is 1. The summed E-state index contributed by atoms with van der Waals surface area (Å²) >= 11 is 0. The molecule has 0 aliphatic carbocycles. The first-order valence-electron chi connectivity index (χ1n) is 14.5. The number of carbonyl (C=O) groups is 3. The van der Waals surface area contributed by atoms with Crippen LogP contribution in [0, 0.1) is 10.8 Å². The Bertz CT molecular complexity index is 1120. The van der Waals surface area contributed by atoms with Crippen LogP contribution in [0.15, 0.2) is 18.2 Å². The van der Waals surface area contributed by atoms with Crippen LogP contribution in [-0.4, -0.2) is 82.3 Å². The summed E-state index contributed by atoms with van der Waals surface area (Å²) in [5.74, 6) is -1.69. The third-order valence-corrected chi connectivity index (χ3v) is 8.18. The SMILES string of the molecule is CC1(C)CCCCOCc2cccc3c2CN(C3)C(O)OC2CC(C(=O)O)N(C2)C(=O)C(C(C)(C)C)NC(=O)OC1. The van der Waals surface area contributed by atoms with Gasteiger partial charge in [0.05, 0.1) is 19.3 Å². The lowest BCUT2D eigenvalue weighted by Gasteiger charge is -2.35. The molecule has 4 rings (SSSR count). The van der Waals surface area contributed by atoms with Gasteiger partial charge >= 0.3 is 12.1 Å². The minimum atomic E-state index is -1.28. The number of aliphatic carboxylic acids is 1. The van der Waals surface area contributed by atoms with Gasteiger partial charge in [-0.2, -0.15) is 0 Å². The van der Waals surface area contributed by atoms with Crippen LogP contribution in [0.1, 0.15) is 77.0 Å². The predicted octanol–water partition coefficient (Wildman–Crippen LogP) is 3.22. The Morgan fingerprint density at radius 2 is 1.85 bits per heavy atom. The topological polar surface area (TPSA) is 138 Å². The molecule has 11 nitrogen and oxygen atoms in total. The van der Waals surface area contributed by atoms with Gasteiger partial charge in [0, 0.05) is 32.7 Å². The lowest BCUT2D eigenvalue weighted by Crippen LogP contribution is -2.57. The quantitative estimate of drug-likeness (QED) is 0.461. The molecule has 1 saturated heterocycles. The van der Waals surface area contributed by atoms with Gasteiger partial charge in [0.25, 0.3) is 0 Å². The van der Waals surface area contributed by atoms with Gasteiger partial charge in [-0.3, -0.25) is 4.79 Å². The summed E-state index contributed by atoms with van der Waals surface area (Å²) in [4.78, 5) is 41.8. The van der Waals surface area contributed by atoms with Crippen molar-refractivity contribution >= 4 is 18.0 Å². The molecule has 1 fully saturated rings. The second-order valence-electron chi connectivity index (χ2n) is 13.3. The van der Waals surface area contributed by atoms with E-state index in [-0.39, 0.29) is 25.0 Å². The Balaban J connectivity index is 1.57. The molecule has 2 amide bonds. The number of carbonyl (C=O) groups excluding carboxylic acids is 2. The Hall–Kier alpha value is -2.73. The van der Waals surface area contributed by atoms with Crippen molar-refractivity contribution in [3.8, 4) is 0 Å². The fourth-order valence-corrected chi connectivity index (χ4v) is 5.74. The van der Waals surface area contributed by atoms with Gasteiger partial charge in [0.1, 0.15) is 12.1 Å². The third-order valence-electron chi connectivity index (χ3n) is 8.18. The van der Waals surface area contributed by atoms with E-state index in [2.05, 4.69) is 5.32 Å². The molecule has 228 valence electrons. The lowest BCUT2D eigenvalue weighted by atomic mass is 9.85. The van der Waals surface area contributed by atoms with Crippen molar-refractivity contribution in [2.45, 2.75) is 105 Å². The second-order valence-corrected chi connectivity index (χ2v) is 13.3. The summed E-state index contributed by atoms with van der Waals surface area (Å²) in [5, 5.41) is 23.6. The van der Waals surface area contributed by atoms with E-state index < -0.39 is 48.0 Å². The van der Waals surface area contributed by atoms with Crippen LogP contribution in [0.25, 0.3) is 0 Å². The number of nitrogens with zero attached hydrogens (tertiary/aromatic N) is 2. The van der Waals surface area contributed by atoms with Gasteiger partial charge in [-0.1, -0.05) is 59.2 Å². The Labute approximate surface area is 242 Å². The summed E-state index contributed by atoms with van der Waals surface area (Å²) in [5.41, 5.74) is 2.26. The van der Waals surface area contributed by atoms with E-state index in [9.17, 15) is 24.6 Å². The van der Waals surface area contributed by atoms with E-state index in [0.29, 0.717) is 26.3 Å². The highest BCUT2D eigenvalue weighted by molar-refractivity contribution is 5.90. The number of cyclic esters (lactones) is 1. The van der Waals surface area contributed by atoms with E-state index in [0.717, 1.165) is 36.0 Å². The van der Waals surface area contributed by atoms with Crippen LogP contribution in [0.3, 0.4) is 0 Å². The number of hydrogen-bond acceptors (Lipinski definition) is 8. The van der Waals surface area contributed by atoms with Crippen molar-refractivity contribution in [3.63, 3.8) is 0 Å². The standard InChI is InChI=1S/C30H45N3O8/c1-29(2,3)24-25(34)33-15-21(13-23(33)26(35)36)41-28(38)32-14-19-9-8-10-20(22(19)16-32)17-39-12-7-6-11-30(4,5)18-40-27(37)31-24/h8-10,21,23-24,28,38H,6-7,11-18H2,1-5H3,(H,31,37)(H,35,36). The molecule has 41 heavy (non-hydrogen) atoms. The van der Waals surface area contributed by atoms with Crippen LogP contribution in [0.5, 0.6) is 0 Å². The van der Waals surface area contributed by atoms with Crippen LogP contribution < -0.4 is 5.32 Å². The molecule has 3 aliphatic heterocycles. The predicted molar refractivity (Wildman–Crippen MR) is 149 cm³/mol. The number of nitrogens with one attached hydrogen (secondary N) is 1. The van der Waals surface area contributed by atoms with Gasteiger partial charge in [0.15, 0.2) is 0 Å². The third kappa shape index (κ3) is 7.77. The van der Waals surface area contributed by atoms with Crippen molar-refractivity contribution in [2.75, 3.05) is 19.8 Å². The second kappa shape index (κ2) is 12.6. The number of carboxylic acid groups (broad SMARTS) is 1. The van der Waals surface area contributed by atoms with E-state index in [1.165, 1.54) is 4.90 Å². The van der Waals surface area contributed by atoms with Crippen LogP contribution >= 0.6 is 0 Å². The first kappa shape index (κ1) is 31.2. The zero-order chi connectivity index (χ0) is 29.9. The van der Waals surface area contributed by atoms with E-state index in [1.54, 1.807) is 25.7 Å². The number of aliphatic hydroxyl groups is 1. The van der Waals surface area contributed by atoms with Gasteiger partial charge in [0.2, 0.25) is 12.3 Å². The molecule has 3 aliphatic rings. The summed E-state index contributed by atoms with van der Waals surface area (Å²) in [6.07, 6.45) is -0.0880. The minimum absolute atomic E-state index is 0.0213. The number of hydrogen-bond donors (Lipinski definition) is 3. The number of ether oxygens (including phenoxy) is 3. The number of amides is 2. The highest BCUT2D eigenvalue weighted by Gasteiger charge is 2.46. The molecule has 0 spiro atoms. The summed E-state index contributed by atoms with van der Waals surface area (Å²) < 4.78 is 17.5. The van der Waals surface area contributed by atoms with Crippen LogP contribution in [-0.2, 0) is 43.5 Å². The van der Waals surface area contributed by atoms with Crippen LogP contribution in [0.2, 0.25) is 0 Å². The Morgan fingerprint density at radius 1 is 1.12 bits per heavy atom. The average molecular weight is 576 g/mol. The molecule has 3 N–H and O–H groups in total. The van der Waals surface area contributed by atoms with E-state index >= 15 is 0 Å². The molecular formula is C30H45N3O8. The average Bonchev–Trinajstić information content (AvgIpc) is 3.52. The van der Waals surface area contributed by atoms with Gasteiger partial charge in [-0.25, -0.2) is 14.5 Å². The molecule has 5 unspecified atom stereocenters. The first-order valence-corrected chi connectivity index (χ1v) is 14.5. The van der Waals surface area contributed by atoms with Crippen molar-refractivity contribution in [3.05, 3.63) is 34.9 Å². The summed E-state index contributed by atoms with van der Waals surface area (Å²) in [6.45, 7) is 11.6. The molecule has 0 radical (unpaired) electrons. The molecule has 1 aromatic rings. The molecule has 3 heterocycles. The summed E-state index contributed by atoms with van der Waals surface area (Å²) in [7, 11) is 0. The van der Waals surface area contributed by atoms with Gasteiger partial charge in [-0.15, -0.1) is 0 Å². The van der Waals surface area contributed by atoms with Crippen LogP contribution in [0.4, 0.5) is 4.79 Å². The Kier molecular flexibility index (Phi) is 9.63. The smallest absolute Gasteiger partial charge is 0.407 e. The van der Waals surface area contributed by atoms with Gasteiger partial charge < -0.3 is 34.6 Å². The van der Waals surface area contributed by atoms with Crippen molar-refractivity contribution in [1.82, 2.24) is 15.1 Å². The van der Waals surface area contributed by atoms with E-state index in [1.807, 2.05) is 32.0 Å². The molecule has 0 aromatic heterocycles. The number of alkyl carbamates (subject to hydrolysis) is 1. The maximum absolute atomic E-state index is 13.8. The molecule has 4 bridgehead atoms. The monoisotopic (exact) mass is 575 g/mol. The zero-order valence-corrected chi connectivity index (χ0v) is 24.9. The number of rotatable bonds is 1. The first-order chi connectivity index (χ1) is 19.2. The Morgan fingerprint density at radius 3 is 2.56 bits per heavy atom. The minimum Gasteiger partial charge on any atom is -0.480 e. The highest BCUT2D eigenvalue weighted by atomic mass is 16.6. The fourth-order valence-electron chi connectivity index (χ4n) is 5.74. The normalized spacial score (nSPS) is 30.1. The van der Waals surface area contributed by atoms with E-state index in [4.69, 9.17) is 14.2 Å². The van der Waals surface area contributed by atoms with Gasteiger partial charge in [-0.05, 0) is 40.4 Å².